The Balaban J connectivity index is 2.36. The summed E-state index contributed by atoms with van der Waals surface area (Å²) < 4.78 is 30.5. The predicted molar refractivity (Wildman–Crippen MR) is 112 cm³/mol. The summed E-state index contributed by atoms with van der Waals surface area (Å²) in [6.45, 7) is 7.52. The van der Waals surface area contributed by atoms with Crippen molar-refractivity contribution in [2.24, 2.45) is 0 Å². The molecule has 1 fully saturated rings. The largest absolute Gasteiger partial charge is 0.242 e. The van der Waals surface area contributed by atoms with Crippen molar-refractivity contribution in [2.45, 2.75) is 68.4 Å². The smallest absolute Gasteiger partial charge is 0.128 e. The maximum absolute atomic E-state index is 14.7. The molecule has 1 N–H and O–H groups in total. The van der Waals surface area contributed by atoms with Gasteiger partial charge < -0.3 is 0 Å². The van der Waals surface area contributed by atoms with Gasteiger partial charge in [0.2, 0.25) is 0 Å². The van der Waals surface area contributed by atoms with E-state index in [2.05, 4.69) is 26.7 Å². The summed E-state index contributed by atoms with van der Waals surface area (Å²) >= 11 is 4.97. The van der Waals surface area contributed by atoms with E-state index in [1.807, 2.05) is 27.7 Å². The number of nitrogens with zero attached hydrogens (tertiary/aromatic N) is 1. The second-order valence-electron chi connectivity index (χ2n) is 8.04. The minimum Gasteiger partial charge on any atom is -0.242 e. The number of rotatable bonds is 6. The third kappa shape index (κ3) is 5.09. The molecule has 26 heavy (non-hydrogen) atoms. The molecule has 144 valence electrons. The van der Waals surface area contributed by atoms with Crippen molar-refractivity contribution in [1.82, 2.24) is 4.72 Å². The molecule has 0 saturated heterocycles. The molecule has 0 aromatic heterocycles. The molecule has 2 rings (SSSR count). The SMILES string of the molecule is CC(C)(C)[S@@](=O)N[C@@](C)(CSC1(C#N)CCCC1)c1cc(Br)ccc1F. The minimum absolute atomic E-state index is 0.341. The first-order valence-corrected chi connectivity index (χ1v) is 11.6. The lowest BCUT2D eigenvalue weighted by Crippen LogP contribution is -2.49. The molecule has 3 nitrogen and oxygen atoms in total. The van der Waals surface area contributed by atoms with Crippen LogP contribution in [0.15, 0.2) is 22.7 Å². The Labute approximate surface area is 171 Å². The standard InChI is InChI=1S/C19H26BrFN2OS2/c1-17(2,3)26(24)23-18(4,15-11-14(20)7-8-16(15)21)13-25-19(12-22)9-5-6-10-19/h7-8,11,23H,5-6,9-10,13H2,1-4H3/t18-,26+/m0/s1. The Morgan fingerprint density at radius 1 is 1.35 bits per heavy atom. The van der Waals surface area contributed by atoms with Crippen LogP contribution in [0.25, 0.3) is 0 Å². The number of thioether (sulfide) groups is 1. The summed E-state index contributed by atoms with van der Waals surface area (Å²) in [6, 6.07) is 7.27. The highest BCUT2D eigenvalue weighted by Crippen LogP contribution is 2.44. The molecule has 0 aliphatic heterocycles. The first-order valence-electron chi connectivity index (χ1n) is 8.72. The fraction of sp³-hybridized carbons (Fsp3) is 0.632. The van der Waals surface area contributed by atoms with Crippen LogP contribution in [-0.2, 0) is 16.5 Å². The fourth-order valence-electron chi connectivity index (χ4n) is 2.96. The highest BCUT2D eigenvalue weighted by molar-refractivity contribution is 9.10. The Bertz CT molecular complexity index is 723. The van der Waals surface area contributed by atoms with Crippen LogP contribution in [0.5, 0.6) is 0 Å². The van der Waals surface area contributed by atoms with Crippen LogP contribution in [-0.4, -0.2) is 19.5 Å². The summed E-state index contributed by atoms with van der Waals surface area (Å²) in [5, 5.41) is 9.66. The molecule has 0 radical (unpaired) electrons. The van der Waals surface area contributed by atoms with Crippen molar-refractivity contribution in [3.8, 4) is 6.07 Å². The molecule has 0 amide bonds. The van der Waals surface area contributed by atoms with Gasteiger partial charge in [-0.2, -0.15) is 5.26 Å². The zero-order valence-corrected chi connectivity index (χ0v) is 18.9. The molecule has 0 heterocycles. The third-order valence-electron chi connectivity index (χ3n) is 4.65. The summed E-state index contributed by atoms with van der Waals surface area (Å²) in [4.78, 5) is 0. The number of hydrogen-bond donors (Lipinski definition) is 1. The van der Waals surface area contributed by atoms with Gasteiger partial charge in [-0.3, -0.25) is 0 Å². The lowest BCUT2D eigenvalue weighted by Gasteiger charge is -2.36. The van der Waals surface area contributed by atoms with Crippen molar-refractivity contribution in [3.05, 3.63) is 34.1 Å². The van der Waals surface area contributed by atoms with E-state index in [1.165, 1.54) is 6.07 Å². The fourth-order valence-corrected chi connectivity index (χ4v) is 5.74. The quantitative estimate of drug-likeness (QED) is 0.615. The zero-order chi connectivity index (χ0) is 19.6. The van der Waals surface area contributed by atoms with Crippen LogP contribution in [0.3, 0.4) is 0 Å². The summed E-state index contributed by atoms with van der Waals surface area (Å²) in [7, 11) is -1.37. The number of nitriles is 1. The van der Waals surface area contributed by atoms with Crippen molar-refractivity contribution in [3.63, 3.8) is 0 Å². The Morgan fingerprint density at radius 2 is 1.96 bits per heavy atom. The van der Waals surface area contributed by atoms with Crippen molar-refractivity contribution in [1.29, 1.82) is 5.26 Å². The molecule has 1 saturated carbocycles. The lowest BCUT2D eigenvalue weighted by molar-refractivity contribution is 0.462. The first-order chi connectivity index (χ1) is 12.0. The van der Waals surface area contributed by atoms with Gasteiger partial charge in [0.15, 0.2) is 0 Å². The monoisotopic (exact) mass is 460 g/mol. The zero-order valence-electron chi connectivity index (χ0n) is 15.7. The third-order valence-corrected chi connectivity index (χ3v) is 8.66. The maximum atomic E-state index is 14.7. The van der Waals surface area contributed by atoms with E-state index in [-0.39, 0.29) is 5.82 Å². The molecule has 1 aromatic carbocycles. The molecule has 1 aliphatic rings. The van der Waals surface area contributed by atoms with Crippen molar-refractivity contribution in [2.75, 3.05) is 5.75 Å². The average molecular weight is 461 g/mol. The van der Waals surface area contributed by atoms with E-state index in [0.29, 0.717) is 11.3 Å². The summed E-state index contributed by atoms with van der Waals surface area (Å²) in [5.41, 5.74) is -0.397. The Hall–Kier alpha value is -0.420. The maximum Gasteiger partial charge on any atom is 0.128 e. The lowest BCUT2D eigenvalue weighted by atomic mass is 9.95. The number of halogens is 2. The normalized spacial score (nSPS) is 20.3. The van der Waals surface area contributed by atoms with Gasteiger partial charge in [0.05, 0.1) is 27.3 Å². The minimum atomic E-state index is -1.37. The molecule has 1 aliphatic carbocycles. The number of benzene rings is 1. The van der Waals surface area contributed by atoms with E-state index in [1.54, 1.807) is 23.9 Å². The van der Waals surface area contributed by atoms with Gasteiger partial charge in [-0.1, -0.05) is 28.8 Å². The molecule has 0 unspecified atom stereocenters. The highest BCUT2D eigenvalue weighted by Gasteiger charge is 2.40. The second kappa shape index (κ2) is 8.30. The van der Waals surface area contributed by atoms with Crippen LogP contribution < -0.4 is 4.72 Å². The average Bonchev–Trinajstić information content (AvgIpc) is 3.04. The summed E-state index contributed by atoms with van der Waals surface area (Å²) in [5.74, 6) is 0.127. The highest BCUT2D eigenvalue weighted by atomic mass is 79.9. The topological polar surface area (TPSA) is 52.9 Å². The van der Waals surface area contributed by atoms with Gasteiger partial charge in [-0.05, 0) is 58.7 Å². The van der Waals surface area contributed by atoms with Gasteiger partial charge in [0.1, 0.15) is 10.6 Å². The molecule has 2 atom stereocenters. The Morgan fingerprint density at radius 3 is 2.50 bits per heavy atom. The van der Waals surface area contributed by atoms with E-state index >= 15 is 0 Å². The summed E-state index contributed by atoms with van der Waals surface area (Å²) in [6.07, 6.45) is 3.80. The van der Waals surface area contributed by atoms with E-state index in [0.717, 1.165) is 30.2 Å². The first kappa shape index (κ1) is 21.9. The van der Waals surface area contributed by atoms with Crippen LogP contribution in [0.1, 0.15) is 58.9 Å². The molecule has 1 aromatic rings. The van der Waals surface area contributed by atoms with Gasteiger partial charge in [-0.15, -0.1) is 11.8 Å². The predicted octanol–water partition coefficient (Wildman–Crippen LogP) is 5.42. The Kier molecular flexibility index (Phi) is 6.98. The van der Waals surface area contributed by atoms with E-state index in [4.69, 9.17) is 0 Å². The van der Waals surface area contributed by atoms with Crippen LogP contribution in [0.4, 0.5) is 4.39 Å². The van der Waals surface area contributed by atoms with Crippen LogP contribution in [0.2, 0.25) is 0 Å². The van der Waals surface area contributed by atoms with E-state index in [9.17, 15) is 13.9 Å². The molecule has 0 spiro atoms. The second-order valence-corrected chi connectivity index (χ2v) is 12.3. The number of hydrogen-bond acceptors (Lipinski definition) is 3. The van der Waals surface area contributed by atoms with Crippen molar-refractivity contribution >= 4 is 38.7 Å². The molecule has 0 bridgehead atoms. The van der Waals surface area contributed by atoms with Crippen molar-refractivity contribution < 1.29 is 8.60 Å². The van der Waals surface area contributed by atoms with Crippen LogP contribution in [0, 0.1) is 17.1 Å². The molecule has 7 heteroatoms. The van der Waals surface area contributed by atoms with E-state index < -0.39 is 26.0 Å². The molecular weight excluding hydrogens is 435 g/mol. The van der Waals surface area contributed by atoms with Gasteiger partial charge >= 0.3 is 0 Å². The van der Waals surface area contributed by atoms with Gasteiger partial charge in [0.25, 0.3) is 0 Å². The van der Waals surface area contributed by atoms with Gasteiger partial charge in [0, 0.05) is 15.8 Å². The molecular formula is C19H26BrFN2OS2. The van der Waals surface area contributed by atoms with Gasteiger partial charge in [-0.25, -0.2) is 13.3 Å². The number of nitrogens with one attached hydrogen (secondary N) is 1. The van der Waals surface area contributed by atoms with Crippen LogP contribution >= 0.6 is 27.7 Å².